The fourth-order valence-corrected chi connectivity index (χ4v) is 8.69. The van der Waals surface area contributed by atoms with Gasteiger partial charge in [0.05, 0.1) is 16.8 Å². The summed E-state index contributed by atoms with van der Waals surface area (Å²) in [7, 11) is 0. The predicted molar refractivity (Wildman–Crippen MR) is 218 cm³/mol. The summed E-state index contributed by atoms with van der Waals surface area (Å²) >= 11 is 1.86. The Morgan fingerprint density at radius 1 is 0.373 bits per heavy atom. The third kappa shape index (κ3) is 5.01. The lowest BCUT2D eigenvalue weighted by atomic mass is 9.93. The Morgan fingerprint density at radius 2 is 1.00 bits per heavy atom. The van der Waals surface area contributed by atoms with E-state index in [1.807, 2.05) is 17.4 Å². The molecule has 0 saturated carbocycles. The molecule has 0 aliphatic heterocycles. The number of thiophene rings is 1. The minimum atomic E-state index is 0.870. The minimum absolute atomic E-state index is 0.870. The number of hydrogen-bond acceptors (Lipinski definition) is 3. The van der Waals surface area contributed by atoms with E-state index in [9.17, 15) is 0 Å². The lowest BCUT2D eigenvalue weighted by Crippen LogP contribution is -2.11. The first-order valence-electron chi connectivity index (χ1n) is 17.3. The maximum absolute atomic E-state index is 6.42. The Labute approximate surface area is 300 Å². The summed E-state index contributed by atoms with van der Waals surface area (Å²) < 4.78 is 9.05. The maximum atomic E-state index is 6.42. The number of furan rings is 1. The van der Waals surface area contributed by atoms with Crippen molar-refractivity contribution in [2.24, 2.45) is 0 Å². The standard InChI is InChI=1S/C48H31NOS/c1-2-13-33(14-3-1)36-15-4-5-16-37(36)38-17-6-9-20-42(38)49(43-21-12-23-45-48(43)41-19-7-10-22-44(41)50-45)35-28-25-32(26-29-35)34-27-30-40-39-18-8-11-24-46(39)51-47(40)31-34/h1-31H. The van der Waals surface area contributed by atoms with Crippen molar-refractivity contribution >= 4 is 70.5 Å². The van der Waals surface area contributed by atoms with E-state index in [2.05, 4.69) is 187 Å². The van der Waals surface area contributed by atoms with E-state index in [1.165, 1.54) is 48.0 Å². The SMILES string of the molecule is c1ccc(-c2ccccc2-c2ccccc2N(c2ccc(-c3ccc4c(c3)sc3ccccc34)cc2)c2cccc3oc4ccccc4c23)cc1. The van der Waals surface area contributed by atoms with Crippen molar-refractivity contribution in [3.63, 3.8) is 0 Å². The van der Waals surface area contributed by atoms with Gasteiger partial charge < -0.3 is 9.32 Å². The van der Waals surface area contributed by atoms with Gasteiger partial charge in [-0.2, -0.15) is 0 Å². The molecule has 10 aromatic rings. The van der Waals surface area contributed by atoms with Crippen LogP contribution < -0.4 is 4.90 Å². The number of anilines is 3. The van der Waals surface area contributed by atoms with Crippen molar-refractivity contribution in [1.29, 1.82) is 0 Å². The van der Waals surface area contributed by atoms with Crippen LogP contribution in [-0.4, -0.2) is 0 Å². The molecule has 0 radical (unpaired) electrons. The number of hydrogen-bond donors (Lipinski definition) is 0. The van der Waals surface area contributed by atoms with E-state index in [1.54, 1.807) is 0 Å². The van der Waals surface area contributed by atoms with Crippen molar-refractivity contribution < 1.29 is 4.42 Å². The molecule has 0 bridgehead atoms. The highest BCUT2D eigenvalue weighted by molar-refractivity contribution is 7.25. The van der Waals surface area contributed by atoms with Gasteiger partial charge in [0, 0.05) is 36.8 Å². The average molecular weight is 670 g/mol. The monoisotopic (exact) mass is 669 g/mol. The molecule has 0 saturated heterocycles. The number of nitrogens with zero attached hydrogens (tertiary/aromatic N) is 1. The Hall–Kier alpha value is -6.42. The van der Waals surface area contributed by atoms with Gasteiger partial charge in [0.25, 0.3) is 0 Å². The van der Waals surface area contributed by atoms with E-state index in [-0.39, 0.29) is 0 Å². The molecule has 0 N–H and O–H groups in total. The Balaban J connectivity index is 1.17. The first-order chi connectivity index (χ1) is 25.3. The molecule has 0 spiro atoms. The summed E-state index contributed by atoms with van der Waals surface area (Å²) in [5.41, 5.74) is 12.1. The van der Waals surface area contributed by atoms with Gasteiger partial charge in [-0.15, -0.1) is 11.3 Å². The molecular weight excluding hydrogens is 639 g/mol. The molecule has 0 unspecified atom stereocenters. The van der Waals surface area contributed by atoms with Crippen LogP contribution in [-0.2, 0) is 0 Å². The number of rotatable bonds is 6. The van der Waals surface area contributed by atoms with Crippen LogP contribution in [0, 0.1) is 0 Å². The van der Waals surface area contributed by atoms with Gasteiger partial charge in [0.15, 0.2) is 0 Å². The smallest absolute Gasteiger partial charge is 0.137 e. The van der Waals surface area contributed by atoms with Crippen LogP contribution in [0.4, 0.5) is 17.1 Å². The van der Waals surface area contributed by atoms with Crippen LogP contribution in [0.1, 0.15) is 0 Å². The Kier molecular flexibility index (Phi) is 7.04. The summed E-state index contributed by atoms with van der Waals surface area (Å²) in [4.78, 5) is 2.40. The summed E-state index contributed by atoms with van der Waals surface area (Å²) in [6.07, 6.45) is 0. The van der Waals surface area contributed by atoms with Gasteiger partial charge in [-0.05, 0) is 76.3 Å². The zero-order chi connectivity index (χ0) is 33.7. The van der Waals surface area contributed by atoms with E-state index < -0.39 is 0 Å². The van der Waals surface area contributed by atoms with E-state index in [4.69, 9.17) is 4.42 Å². The van der Waals surface area contributed by atoms with Gasteiger partial charge in [-0.25, -0.2) is 0 Å². The number of fused-ring (bicyclic) bond motifs is 6. The molecule has 0 aliphatic carbocycles. The largest absolute Gasteiger partial charge is 0.456 e. The molecule has 51 heavy (non-hydrogen) atoms. The highest BCUT2D eigenvalue weighted by Crippen LogP contribution is 2.47. The van der Waals surface area contributed by atoms with Crippen molar-refractivity contribution in [3.8, 4) is 33.4 Å². The summed E-state index contributed by atoms with van der Waals surface area (Å²) in [6.45, 7) is 0. The fourth-order valence-electron chi connectivity index (χ4n) is 7.54. The van der Waals surface area contributed by atoms with Crippen LogP contribution in [0.5, 0.6) is 0 Å². The Morgan fingerprint density at radius 3 is 1.86 bits per heavy atom. The molecule has 2 heterocycles. The van der Waals surface area contributed by atoms with Gasteiger partial charge in [-0.3, -0.25) is 0 Å². The Bertz CT molecular complexity index is 2860. The molecule has 0 atom stereocenters. The van der Waals surface area contributed by atoms with Gasteiger partial charge >= 0.3 is 0 Å². The van der Waals surface area contributed by atoms with Crippen LogP contribution >= 0.6 is 11.3 Å². The molecule has 8 aromatic carbocycles. The molecular formula is C48H31NOS. The van der Waals surface area contributed by atoms with E-state index in [0.29, 0.717) is 0 Å². The molecule has 0 amide bonds. The highest BCUT2D eigenvalue weighted by Gasteiger charge is 2.23. The first-order valence-corrected chi connectivity index (χ1v) is 18.1. The van der Waals surface area contributed by atoms with Crippen LogP contribution in [0.2, 0.25) is 0 Å². The molecule has 0 aliphatic rings. The van der Waals surface area contributed by atoms with Crippen molar-refractivity contribution in [3.05, 3.63) is 188 Å². The normalized spacial score (nSPS) is 11.5. The minimum Gasteiger partial charge on any atom is -0.456 e. The lowest BCUT2D eigenvalue weighted by Gasteiger charge is -2.29. The van der Waals surface area contributed by atoms with Crippen molar-refractivity contribution in [2.45, 2.75) is 0 Å². The quantitative estimate of drug-likeness (QED) is 0.175. The van der Waals surface area contributed by atoms with Crippen LogP contribution in [0.3, 0.4) is 0 Å². The van der Waals surface area contributed by atoms with Crippen molar-refractivity contribution in [1.82, 2.24) is 0 Å². The zero-order valence-electron chi connectivity index (χ0n) is 27.7. The topological polar surface area (TPSA) is 16.4 Å². The average Bonchev–Trinajstić information content (AvgIpc) is 3.77. The molecule has 0 fully saturated rings. The fraction of sp³-hybridized carbons (Fsp3) is 0. The summed E-state index contributed by atoms with van der Waals surface area (Å²) in [5.74, 6) is 0. The summed E-state index contributed by atoms with van der Waals surface area (Å²) in [6, 6.07) is 67.4. The molecule has 2 aromatic heterocycles. The van der Waals surface area contributed by atoms with Crippen LogP contribution in [0.25, 0.3) is 75.5 Å². The molecule has 3 heteroatoms. The van der Waals surface area contributed by atoms with E-state index >= 15 is 0 Å². The third-order valence-corrected chi connectivity index (χ3v) is 11.0. The van der Waals surface area contributed by atoms with Crippen molar-refractivity contribution in [2.75, 3.05) is 4.90 Å². The van der Waals surface area contributed by atoms with Crippen LogP contribution in [0.15, 0.2) is 192 Å². The number of para-hydroxylation sites is 2. The van der Waals surface area contributed by atoms with Gasteiger partial charge in [0.1, 0.15) is 11.2 Å². The molecule has 240 valence electrons. The maximum Gasteiger partial charge on any atom is 0.137 e. The second-order valence-electron chi connectivity index (χ2n) is 12.9. The summed E-state index contributed by atoms with van der Waals surface area (Å²) in [5, 5.41) is 4.83. The third-order valence-electron chi connectivity index (χ3n) is 9.91. The second-order valence-corrected chi connectivity index (χ2v) is 14.0. The van der Waals surface area contributed by atoms with Gasteiger partial charge in [0.2, 0.25) is 0 Å². The lowest BCUT2D eigenvalue weighted by molar-refractivity contribution is 0.669. The first kappa shape index (κ1) is 29.5. The second kappa shape index (κ2) is 12.2. The number of benzene rings is 8. The molecule has 10 rings (SSSR count). The van der Waals surface area contributed by atoms with Gasteiger partial charge in [-0.1, -0.05) is 140 Å². The zero-order valence-corrected chi connectivity index (χ0v) is 28.5. The van der Waals surface area contributed by atoms with E-state index in [0.717, 1.165) is 44.6 Å². The molecule has 2 nitrogen and oxygen atoms in total. The highest BCUT2D eigenvalue weighted by atomic mass is 32.1. The predicted octanol–water partition coefficient (Wildman–Crippen LogP) is 14.4.